The highest BCUT2D eigenvalue weighted by atomic mass is 16.1. The fraction of sp³-hybridized carbons (Fsp3) is 0.333. The molecule has 0 fully saturated rings. The second-order valence-corrected chi connectivity index (χ2v) is 7.06. The average Bonchev–Trinajstić information content (AvgIpc) is 3.26. The summed E-state index contributed by atoms with van der Waals surface area (Å²) in [6.45, 7) is 2.26. The fourth-order valence-corrected chi connectivity index (χ4v) is 3.31. The van der Waals surface area contributed by atoms with Gasteiger partial charge in [0.15, 0.2) is 5.82 Å². The molecule has 0 aliphatic heterocycles. The van der Waals surface area contributed by atoms with Crippen LogP contribution < -0.4 is 0 Å². The molecule has 3 rings (SSSR count). The molecule has 2 aromatic carbocycles. The molecule has 3 aromatic rings. The Balaban J connectivity index is 1.55. The van der Waals surface area contributed by atoms with Crippen molar-refractivity contribution in [3.63, 3.8) is 0 Å². The Morgan fingerprint density at radius 2 is 1.48 bits per heavy atom. The summed E-state index contributed by atoms with van der Waals surface area (Å²) in [4.78, 5) is 19.2. The molecule has 0 saturated carbocycles. The second kappa shape index (κ2) is 9.86. The third kappa shape index (κ3) is 5.40. The van der Waals surface area contributed by atoms with Crippen LogP contribution in [0.5, 0.6) is 0 Å². The topological polar surface area (TPSA) is 45.8 Å². The molecular formula is C24H28N2O. The van der Waals surface area contributed by atoms with Crippen molar-refractivity contribution in [1.29, 1.82) is 0 Å². The number of aromatic nitrogens is 2. The van der Waals surface area contributed by atoms with Crippen molar-refractivity contribution in [2.45, 2.75) is 51.9 Å². The summed E-state index contributed by atoms with van der Waals surface area (Å²) in [5, 5.41) is 0. The fourth-order valence-electron chi connectivity index (χ4n) is 3.31. The van der Waals surface area contributed by atoms with Crippen molar-refractivity contribution in [2.24, 2.45) is 0 Å². The van der Waals surface area contributed by atoms with Crippen molar-refractivity contribution >= 4 is 5.78 Å². The number of ketones is 1. The van der Waals surface area contributed by atoms with Gasteiger partial charge in [-0.1, -0.05) is 87.6 Å². The first-order chi connectivity index (χ1) is 13.3. The zero-order valence-electron chi connectivity index (χ0n) is 16.1. The van der Waals surface area contributed by atoms with Crippen molar-refractivity contribution in [3.8, 4) is 11.1 Å². The van der Waals surface area contributed by atoms with E-state index in [2.05, 4.69) is 41.2 Å². The minimum absolute atomic E-state index is 0.0826. The highest BCUT2D eigenvalue weighted by molar-refractivity contribution is 6.06. The summed E-state index contributed by atoms with van der Waals surface area (Å²) >= 11 is 0. The predicted molar refractivity (Wildman–Crippen MR) is 111 cm³/mol. The number of unbranched alkanes of at least 4 members (excludes halogenated alkanes) is 5. The van der Waals surface area contributed by atoms with Crippen LogP contribution in [0.4, 0.5) is 0 Å². The van der Waals surface area contributed by atoms with E-state index >= 15 is 0 Å². The second-order valence-electron chi connectivity index (χ2n) is 7.06. The molecule has 0 radical (unpaired) electrons. The maximum atomic E-state index is 12.3. The van der Waals surface area contributed by atoms with Gasteiger partial charge in [-0.2, -0.15) is 0 Å². The van der Waals surface area contributed by atoms with Crippen molar-refractivity contribution in [2.75, 3.05) is 0 Å². The monoisotopic (exact) mass is 360 g/mol. The highest BCUT2D eigenvalue weighted by Gasteiger charge is 2.11. The van der Waals surface area contributed by atoms with E-state index in [0.717, 1.165) is 12.0 Å². The molecule has 0 saturated heterocycles. The number of carbonyl (C=O) groups excluding carboxylic acids is 1. The van der Waals surface area contributed by atoms with Crippen LogP contribution in [-0.2, 0) is 6.42 Å². The molecule has 1 heterocycles. The maximum absolute atomic E-state index is 12.3. The largest absolute Gasteiger partial charge is 0.342 e. The van der Waals surface area contributed by atoms with Gasteiger partial charge in [-0.05, 0) is 29.5 Å². The van der Waals surface area contributed by atoms with E-state index in [1.54, 1.807) is 12.4 Å². The SMILES string of the molecule is CCCCCCCCc1ccc(-c2ccc(C(=O)c3ncc[nH]3)cc2)cc1. The van der Waals surface area contributed by atoms with Crippen LogP contribution in [0.25, 0.3) is 11.1 Å². The van der Waals surface area contributed by atoms with Gasteiger partial charge in [-0.3, -0.25) is 4.79 Å². The number of nitrogens with zero attached hydrogens (tertiary/aromatic N) is 1. The molecular weight excluding hydrogens is 332 g/mol. The van der Waals surface area contributed by atoms with Crippen LogP contribution in [-0.4, -0.2) is 15.8 Å². The average molecular weight is 361 g/mol. The Morgan fingerprint density at radius 1 is 0.852 bits per heavy atom. The summed E-state index contributed by atoms with van der Waals surface area (Å²) in [6, 6.07) is 16.5. The van der Waals surface area contributed by atoms with E-state index in [9.17, 15) is 4.79 Å². The third-order valence-corrected chi connectivity index (χ3v) is 4.97. The number of hydrogen-bond acceptors (Lipinski definition) is 2. The standard InChI is InChI=1S/C24H28N2O/c1-2-3-4-5-6-7-8-19-9-11-20(12-10-19)21-13-15-22(16-14-21)23(27)24-25-17-18-26-24/h9-18H,2-8H2,1H3,(H,25,26). The summed E-state index contributed by atoms with van der Waals surface area (Å²) in [6.07, 6.45) is 12.4. The number of benzene rings is 2. The summed E-state index contributed by atoms with van der Waals surface area (Å²) < 4.78 is 0. The number of imidazole rings is 1. The first kappa shape index (κ1) is 19.1. The quantitative estimate of drug-likeness (QED) is 0.345. The third-order valence-electron chi connectivity index (χ3n) is 4.97. The van der Waals surface area contributed by atoms with E-state index in [-0.39, 0.29) is 5.78 Å². The van der Waals surface area contributed by atoms with Gasteiger partial charge in [0.2, 0.25) is 5.78 Å². The van der Waals surface area contributed by atoms with Crippen LogP contribution in [0.3, 0.4) is 0 Å². The summed E-state index contributed by atoms with van der Waals surface area (Å²) in [7, 11) is 0. The number of aromatic amines is 1. The van der Waals surface area contributed by atoms with Gasteiger partial charge in [-0.25, -0.2) is 4.98 Å². The molecule has 0 spiro atoms. The van der Waals surface area contributed by atoms with E-state index < -0.39 is 0 Å². The van der Waals surface area contributed by atoms with Crippen LogP contribution in [0.1, 0.15) is 67.2 Å². The molecule has 3 nitrogen and oxygen atoms in total. The van der Waals surface area contributed by atoms with Crippen LogP contribution in [0.2, 0.25) is 0 Å². The number of rotatable bonds is 10. The molecule has 3 heteroatoms. The van der Waals surface area contributed by atoms with Crippen LogP contribution in [0.15, 0.2) is 60.9 Å². The van der Waals surface area contributed by atoms with E-state index in [1.165, 1.54) is 49.7 Å². The molecule has 0 aliphatic carbocycles. The van der Waals surface area contributed by atoms with Gasteiger partial charge in [0.05, 0.1) is 0 Å². The van der Waals surface area contributed by atoms with Gasteiger partial charge >= 0.3 is 0 Å². The van der Waals surface area contributed by atoms with Gasteiger partial charge < -0.3 is 4.98 Å². The van der Waals surface area contributed by atoms with Crippen LogP contribution in [0, 0.1) is 0 Å². The first-order valence-electron chi connectivity index (χ1n) is 10.0. The minimum Gasteiger partial charge on any atom is -0.342 e. The number of carbonyl (C=O) groups is 1. The Kier molecular flexibility index (Phi) is 6.97. The summed E-state index contributed by atoms with van der Waals surface area (Å²) in [5.41, 5.74) is 4.35. The van der Waals surface area contributed by atoms with Gasteiger partial charge in [0.25, 0.3) is 0 Å². The van der Waals surface area contributed by atoms with Crippen LogP contribution >= 0.6 is 0 Å². The molecule has 0 unspecified atom stereocenters. The maximum Gasteiger partial charge on any atom is 0.228 e. The molecule has 1 N–H and O–H groups in total. The van der Waals surface area contributed by atoms with E-state index in [0.29, 0.717) is 11.4 Å². The molecule has 0 aliphatic rings. The summed E-state index contributed by atoms with van der Waals surface area (Å²) in [5.74, 6) is 0.294. The first-order valence-corrected chi connectivity index (χ1v) is 10.0. The van der Waals surface area contributed by atoms with Gasteiger partial charge in [-0.15, -0.1) is 0 Å². The zero-order chi connectivity index (χ0) is 18.9. The molecule has 140 valence electrons. The predicted octanol–water partition coefficient (Wildman–Crippen LogP) is 6.21. The highest BCUT2D eigenvalue weighted by Crippen LogP contribution is 2.22. The van der Waals surface area contributed by atoms with E-state index in [4.69, 9.17) is 0 Å². The number of aryl methyl sites for hydroxylation is 1. The van der Waals surface area contributed by atoms with E-state index in [1.807, 2.05) is 24.3 Å². The lowest BCUT2D eigenvalue weighted by Crippen LogP contribution is -2.03. The van der Waals surface area contributed by atoms with Gasteiger partial charge in [0, 0.05) is 18.0 Å². The van der Waals surface area contributed by atoms with Gasteiger partial charge in [0.1, 0.15) is 0 Å². The lowest BCUT2D eigenvalue weighted by Gasteiger charge is -2.06. The molecule has 0 amide bonds. The molecule has 0 atom stereocenters. The van der Waals surface area contributed by atoms with Crippen molar-refractivity contribution in [3.05, 3.63) is 77.9 Å². The van der Waals surface area contributed by atoms with Crippen molar-refractivity contribution < 1.29 is 4.79 Å². The Hall–Kier alpha value is -2.68. The molecule has 1 aromatic heterocycles. The molecule has 0 bridgehead atoms. The molecule has 27 heavy (non-hydrogen) atoms. The number of hydrogen-bond donors (Lipinski definition) is 1. The Labute approximate surface area is 161 Å². The Morgan fingerprint density at radius 3 is 2.11 bits per heavy atom. The lowest BCUT2D eigenvalue weighted by molar-refractivity contribution is 0.103. The zero-order valence-corrected chi connectivity index (χ0v) is 16.1. The van der Waals surface area contributed by atoms with Crippen molar-refractivity contribution in [1.82, 2.24) is 9.97 Å². The minimum atomic E-state index is -0.0826. The lowest BCUT2D eigenvalue weighted by atomic mass is 9.99. The smallest absolute Gasteiger partial charge is 0.228 e. The number of H-pyrrole nitrogens is 1. The normalized spacial score (nSPS) is 10.9. The Bertz CT molecular complexity index is 818. The number of nitrogens with one attached hydrogen (secondary N) is 1.